The van der Waals surface area contributed by atoms with Crippen molar-refractivity contribution in [2.24, 2.45) is 11.8 Å². The summed E-state index contributed by atoms with van der Waals surface area (Å²) in [6.45, 7) is 3.80. The van der Waals surface area contributed by atoms with E-state index in [-0.39, 0.29) is 38.1 Å². The number of furan rings is 1. The maximum atomic E-state index is 13.9. The third kappa shape index (κ3) is 3.09. The monoisotopic (exact) mass is 454 g/mol. The minimum absolute atomic E-state index is 0.0970. The molecule has 3 aliphatic heterocycles. The lowest BCUT2D eigenvalue weighted by atomic mass is 9.77. The molecule has 0 N–H and O–H groups in total. The van der Waals surface area contributed by atoms with Crippen LogP contribution < -0.4 is 9.47 Å². The fraction of sp³-hybridized carbons (Fsp3) is 0.458. The summed E-state index contributed by atoms with van der Waals surface area (Å²) in [7, 11) is 1.57. The van der Waals surface area contributed by atoms with Crippen molar-refractivity contribution in [2.45, 2.75) is 32.0 Å². The van der Waals surface area contributed by atoms with Gasteiger partial charge in [0, 0.05) is 17.5 Å². The summed E-state index contributed by atoms with van der Waals surface area (Å²) in [5.74, 6) is -0.549. The van der Waals surface area contributed by atoms with Gasteiger partial charge < -0.3 is 28.4 Å². The van der Waals surface area contributed by atoms with Gasteiger partial charge in [-0.15, -0.1) is 0 Å². The molecule has 1 aromatic carbocycles. The van der Waals surface area contributed by atoms with Crippen molar-refractivity contribution in [3.05, 3.63) is 47.9 Å². The zero-order chi connectivity index (χ0) is 23.3. The van der Waals surface area contributed by atoms with E-state index in [9.17, 15) is 14.4 Å². The van der Waals surface area contributed by atoms with Crippen LogP contribution >= 0.6 is 0 Å². The van der Waals surface area contributed by atoms with Gasteiger partial charge in [0.2, 0.25) is 11.8 Å². The van der Waals surface area contributed by atoms with Gasteiger partial charge in [-0.1, -0.05) is 0 Å². The zero-order valence-electron chi connectivity index (χ0n) is 18.8. The average Bonchev–Trinajstić information content (AvgIpc) is 3.41. The van der Waals surface area contributed by atoms with Gasteiger partial charge in [0.05, 0.1) is 45.1 Å². The molecule has 33 heavy (non-hydrogen) atoms. The molecule has 0 bridgehead atoms. The molecule has 4 heterocycles. The maximum Gasteiger partial charge on any atom is 0.312 e. The van der Waals surface area contributed by atoms with Crippen molar-refractivity contribution in [3.63, 3.8) is 0 Å². The van der Waals surface area contributed by atoms with E-state index in [0.717, 1.165) is 5.56 Å². The molecule has 0 radical (unpaired) electrons. The van der Waals surface area contributed by atoms with Crippen LogP contribution in [0.3, 0.4) is 0 Å². The van der Waals surface area contributed by atoms with Crippen LogP contribution in [0, 0.1) is 11.8 Å². The Kier molecular flexibility index (Phi) is 5.07. The van der Waals surface area contributed by atoms with Crippen LogP contribution in [0.15, 0.2) is 41.0 Å². The van der Waals surface area contributed by atoms with Gasteiger partial charge in [-0.3, -0.25) is 14.4 Å². The Morgan fingerprint density at radius 1 is 1.27 bits per heavy atom. The third-order valence-corrected chi connectivity index (χ3v) is 6.97. The number of hydrogen-bond donors (Lipinski definition) is 0. The molecule has 2 amide bonds. The molecule has 0 aliphatic carbocycles. The van der Waals surface area contributed by atoms with Gasteiger partial charge in [-0.2, -0.15) is 0 Å². The molecule has 0 saturated carbocycles. The highest BCUT2D eigenvalue weighted by Crippen LogP contribution is 2.57. The minimum Gasteiger partial charge on any atom is -0.497 e. The Morgan fingerprint density at radius 3 is 2.79 bits per heavy atom. The Bertz CT molecular complexity index is 1100. The number of piperazine rings is 1. The van der Waals surface area contributed by atoms with Gasteiger partial charge in [0.15, 0.2) is 0 Å². The van der Waals surface area contributed by atoms with Crippen molar-refractivity contribution in [1.29, 1.82) is 0 Å². The molecular weight excluding hydrogens is 428 g/mol. The van der Waals surface area contributed by atoms with Gasteiger partial charge >= 0.3 is 5.97 Å². The van der Waals surface area contributed by atoms with Crippen LogP contribution in [0.2, 0.25) is 0 Å². The molecule has 4 atom stereocenters. The highest BCUT2D eigenvalue weighted by Gasteiger charge is 2.69. The Balaban J connectivity index is 1.60. The van der Waals surface area contributed by atoms with E-state index in [1.165, 1.54) is 11.2 Å². The lowest BCUT2D eigenvalue weighted by Gasteiger charge is -2.46. The topological polar surface area (TPSA) is 98.5 Å². The van der Waals surface area contributed by atoms with Gasteiger partial charge in [-0.25, -0.2) is 0 Å². The second-order valence-electron chi connectivity index (χ2n) is 8.71. The first-order chi connectivity index (χ1) is 15.9. The molecule has 2 aromatic rings. The number of carbonyl (C=O) groups is 3. The zero-order valence-corrected chi connectivity index (χ0v) is 18.8. The SMILES string of the molecule is CCOC(=O)[C@H]1[C@H]2COc3cc(OC)ccc3[C@@H]2N2C(=O)CN(Cc3ccco3)C(=O)[C@@]12C. The average molecular weight is 454 g/mol. The number of nitrogens with zero attached hydrogens (tertiary/aromatic N) is 2. The summed E-state index contributed by atoms with van der Waals surface area (Å²) in [6, 6.07) is 8.39. The normalized spacial score (nSPS) is 28.0. The van der Waals surface area contributed by atoms with E-state index in [1.807, 2.05) is 6.07 Å². The minimum atomic E-state index is -1.41. The summed E-state index contributed by atoms with van der Waals surface area (Å²) < 4.78 is 22.1. The second-order valence-corrected chi connectivity index (χ2v) is 8.71. The van der Waals surface area contributed by atoms with E-state index in [1.54, 1.807) is 50.1 Å². The molecule has 9 nitrogen and oxygen atoms in total. The third-order valence-electron chi connectivity index (χ3n) is 6.97. The van der Waals surface area contributed by atoms with E-state index in [4.69, 9.17) is 18.6 Å². The highest BCUT2D eigenvalue weighted by molar-refractivity contribution is 6.02. The van der Waals surface area contributed by atoms with E-state index >= 15 is 0 Å². The number of hydrogen-bond acceptors (Lipinski definition) is 7. The van der Waals surface area contributed by atoms with Crippen molar-refractivity contribution in [3.8, 4) is 11.5 Å². The van der Waals surface area contributed by atoms with Crippen LogP contribution in [-0.2, 0) is 25.7 Å². The summed E-state index contributed by atoms with van der Waals surface area (Å²) in [4.78, 5) is 43.7. The Hall–Kier alpha value is -3.49. The lowest BCUT2D eigenvalue weighted by molar-refractivity contribution is -0.171. The van der Waals surface area contributed by atoms with Crippen LogP contribution in [0.1, 0.15) is 31.2 Å². The van der Waals surface area contributed by atoms with Gasteiger partial charge in [0.1, 0.15) is 29.3 Å². The van der Waals surface area contributed by atoms with Crippen LogP contribution in [0.5, 0.6) is 11.5 Å². The van der Waals surface area contributed by atoms with Gasteiger partial charge in [-0.05, 0) is 38.1 Å². The quantitative estimate of drug-likeness (QED) is 0.639. The summed E-state index contributed by atoms with van der Waals surface area (Å²) >= 11 is 0. The fourth-order valence-corrected chi connectivity index (χ4v) is 5.62. The summed E-state index contributed by atoms with van der Waals surface area (Å²) in [6.07, 6.45) is 1.52. The predicted octanol–water partition coefficient (Wildman–Crippen LogP) is 2.16. The van der Waals surface area contributed by atoms with Crippen molar-refractivity contribution in [2.75, 3.05) is 26.9 Å². The number of carbonyl (C=O) groups excluding carboxylic acids is 3. The molecule has 2 saturated heterocycles. The second kappa shape index (κ2) is 7.83. The number of esters is 1. The Labute approximate surface area is 191 Å². The molecular formula is C24H26N2O7. The number of fused-ring (bicyclic) bond motifs is 5. The number of ether oxygens (including phenoxy) is 3. The lowest BCUT2D eigenvalue weighted by Crippen LogP contribution is -2.67. The summed E-state index contributed by atoms with van der Waals surface area (Å²) in [5, 5.41) is 0. The molecule has 0 unspecified atom stereocenters. The molecule has 3 aliphatic rings. The van der Waals surface area contributed by atoms with Gasteiger partial charge in [0.25, 0.3) is 0 Å². The number of benzene rings is 1. The first-order valence-corrected chi connectivity index (χ1v) is 11.0. The van der Waals surface area contributed by atoms with E-state index in [0.29, 0.717) is 17.3 Å². The highest BCUT2D eigenvalue weighted by atomic mass is 16.5. The first kappa shape index (κ1) is 21.4. The van der Waals surface area contributed by atoms with E-state index < -0.39 is 29.4 Å². The molecule has 9 heteroatoms. The van der Waals surface area contributed by atoms with Crippen LogP contribution in [0.4, 0.5) is 0 Å². The van der Waals surface area contributed by atoms with Crippen molar-refractivity contribution in [1.82, 2.24) is 9.80 Å². The standard InChI is InChI=1S/C24H26N2O7/c1-4-31-22(28)20-17-13-33-18-10-14(30-3)7-8-16(18)21(17)26-19(27)12-25(23(29)24(20,26)2)11-15-6-5-9-32-15/h5-10,17,20-21H,4,11-13H2,1-3H3/t17-,20-,21+,24-/m1/s1. The molecule has 5 rings (SSSR count). The van der Waals surface area contributed by atoms with Crippen molar-refractivity contribution < 1.29 is 33.0 Å². The number of amides is 2. The Morgan fingerprint density at radius 2 is 2.09 bits per heavy atom. The van der Waals surface area contributed by atoms with Crippen LogP contribution in [-0.4, -0.2) is 60.0 Å². The van der Waals surface area contributed by atoms with Crippen LogP contribution in [0.25, 0.3) is 0 Å². The molecule has 174 valence electrons. The molecule has 1 aromatic heterocycles. The fourth-order valence-electron chi connectivity index (χ4n) is 5.62. The van der Waals surface area contributed by atoms with E-state index in [2.05, 4.69) is 0 Å². The summed E-state index contributed by atoms with van der Waals surface area (Å²) in [5.41, 5.74) is -0.653. The smallest absolute Gasteiger partial charge is 0.312 e. The predicted molar refractivity (Wildman–Crippen MR) is 114 cm³/mol. The van der Waals surface area contributed by atoms with Crippen molar-refractivity contribution >= 4 is 17.8 Å². The first-order valence-electron chi connectivity index (χ1n) is 11.0. The number of rotatable bonds is 5. The molecule has 0 spiro atoms. The number of methoxy groups -OCH3 is 1. The maximum absolute atomic E-state index is 13.9. The molecule has 2 fully saturated rings. The largest absolute Gasteiger partial charge is 0.497 e.